The monoisotopic (exact) mass is 249 g/mol. The number of benzene rings is 1. The van der Waals surface area contributed by atoms with E-state index in [1.807, 2.05) is 38.1 Å². The fraction of sp³-hybridized carbons (Fsp3) is 0.500. The van der Waals surface area contributed by atoms with E-state index in [0.717, 1.165) is 24.1 Å². The second-order valence-corrected chi connectivity index (χ2v) is 4.69. The first-order valence-electron chi connectivity index (χ1n) is 6.42. The fourth-order valence-electron chi connectivity index (χ4n) is 1.64. The van der Waals surface area contributed by atoms with Gasteiger partial charge in [-0.25, -0.2) is 0 Å². The molecule has 0 aromatic heterocycles. The van der Waals surface area contributed by atoms with Crippen LogP contribution in [0.1, 0.15) is 25.8 Å². The maximum atomic E-state index is 11.7. The van der Waals surface area contributed by atoms with Gasteiger partial charge in [-0.2, -0.15) is 0 Å². The molecule has 0 fully saturated rings. The molecule has 5 N–H and O–H groups in total. The molecule has 0 radical (unpaired) electrons. The molecule has 100 valence electrons. The third-order valence-corrected chi connectivity index (χ3v) is 3.25. The topological polar surface area (TPSA) is 81.1 Å². The van der Waals surface area contributed by atoms with Crippen molar-refractivity contribution in [1.29, 1.82) is 0 Å². The second kappa shape index (κ2) is 7.01. The van der Waals surface area contributed by atoms with Gasteiger partial charge in [-0.05, 0) is 30.0 Å². The van der Waals surface area contributed by atoms with Gasteiger partial charge in [-0.15, -0.1) is 0 Å². The molecule has 1 unspecified atom stereocenters. The summed E-state index contributed by atoms with van der Waals surface area (Å²) in [6.07, 6.45) is 1.70. The van der Waals surface area contributed by atoms with Crippen molar-refractivity contribution in [3.05, 3.63) is 29.8 Å². The van der Waals surface area contributed by atoms with Gasteiger partial charge in [0.2, 0.25) is 5.91 Å². The number of anilines is 1. The van der Waals surface area contributed by atoms with Crippen molar-refractivity contribution in [3.63, 3.8) is 0 Å². The van der Waals surface area contributed by atoms with E-state index in [-0.39, 0.29) is 11.8 Å². The molecule has 0 aliphatic rings. The van der Waals surface area contributed by atoms with Crippen LogP contribution >= 0.6 is 0 Å². The van der Waals surface area contributed by atoms with Gasteiger partial charge >= 0.3 is 0 Å². The lowest BCUT2D eigenvalue weighted by molar-refractivity contribution is -0.123. The molecule has 18 heavy (non-hydrogen) atoms. The Labute approximate surface area is 109 Å². The SMILES string of the molecule is CCC(C)[C@H](N)C(=O)NCCc1ccc(N)cc1. The number of nitrogen functional groups attached to an aromatic ring is 1. The first-order valence-corrected chi connectivity index (χ1v) is 6.42. The quantitative estimate of drug-likeness (QED) is 0.665. The molecule has 0 saturated carbocycles. The summed E-state index contributed by atoms with van der Waals surface area (Å²) in [6.45, 7) is 4.63. The molecule has 4 heteroatoms. The van der Waals surface area contributed by atoms with Gasteiger partial charge in [0.1, 0.15) is 0 Å². The Kier molecular flexibility index (Phi) is 5.65. The van der Waals surface area contributed by atoms with Crippen molar-refractivity contribution < 1.29 is 4.79 Å². The molecule has 0 aliphatic carbocycles. The smallest absolute Gasteiger partial charge is 0.237 e. The number of hydrogen-bond acceptors (Lipinski definition) is 3. The molecule has 1 aromatic carbocycles. The third kappa shape index (κ3) is 4.37. The van der Waals surface area contributed by atoms with E-state index in [1.54, 1.807) is 0 Å². The van der Waals surface area contributed by atoms with E-state index < -0.39 is 6.04 Å². The largest absolute Gasteiger partial charge is 0.399 e. The van der Waals surface area contributed by atoms with Crippen LogP contribution in [-0.4, -0.2) is 18.5 Å². The van der Waals surface area contributed by atoms with Crippen molar-refractivity contribution in [2.24, 2.45) is 11.7 Å². The molecule has 0 spiro atoms. The first kappa shape index (κ1) is 14.5. The lowest BCUT2D eigenvalue weighted by Crippen LogP contribution is -2.45. The number of nitrogens with two attached hydrogens (primary N) is 2. The molecule has 1 amide bonds. The van der Waals surface area contributed by atoms with Gasteiger partial charge in [0.25, 0.3) is 0 Å². The standard InChI is InChI=1S/C14H23N3O/c1-3-10(2)13(16)14(18)17-9-8-11-4-6-12(15)7-5-11/h4-7,10,13H,3,8-9,15-16H2,1-2H3,(H,17,18)/t10?,13-/m0/s1. The van der Waals surface area contributed by atoms with Crippen LogP contribution in [0.3, 0.4) is 0 Å². The van der Waals surface area contributed by atoms with Crippen LogP contribution in [0.2, 0.25) is 0 Å². The third-order valence-electron chi connectivity index (χ3n) is 3.25. The van der Waals surface area contributed by atoms with Gasteiger partial charge in [-0.1, -0.05) is 32.4 Å². The van der Waals surface area contributed by atoms with Crippen molar-refractivity contribution in [3.8, 4) is 0 Å². The predicted molar refractivity (Wildman–Crippen MR) is 75.0 cm³/mol. The van der Waals surface area contributed by atoms with Gasteiger partial charge in [0.15, 0.2) is 0 Å². The fourth-order valence-corrected chi connectivity index (χ4v) is 1.64. The highest BCUT2D eigenvalue weighted by Crippen LogP contribution is 2.07. The lowest BCUT2D eigenvalue weighted by Gasteiger charge is -2.17. The lowest BCUT2D eigenvalue weighted by atomic mass is 9.99. The maximum Gasteiger partial charge on any atom is 0.237 e. The molecular weight excluding hydrogens is 226 g/mol. The van der Waals surface area contributed by atoms with Crippen molar-refractivity contribution in [1.82, 2.24) is 5.32 Å². The zero-order valence-corrected chi connectivity index (χ0v) is 11.1. The van der Waals surface area contributed by atoms with Crippen LogP contribution in [0.5, 0.6) is 0 Å². The highest BCUT2D eigenvalue weighted by Gasteiger charge is 2.18. The Morgan fingerprint density at radius 1 is 1.33 bits per heavy atom. The number of nitrogens with one attached hydrogen (secondary N) is 1. The number of carbonyl (C=O) groups excluding carboxylic acids is 1. The summed E-state index contributed by atoms with van der Waals surface area (Å²) < 4.78 is 0. The Hall–Kier alpha value is -1.55. The summed E-state index contributed by atoms with van der Waals surface area (Å²) in [5, 5.41) is 2.87. The van der Waals surface area contributed by atoms with Crippen LogP contribution in [0.15, 0.2) is 24.3 Å². The van der Waals surface area contributed by atoms with Crippen LogP contribution in [-0.2, 0) is 11.2 Å². The van der Waals surface area contributed by atoms with Gasteiger partial charge in [0.05, 0.1) is 6.04 Å². The summed E-state index contributed by atoms with van der Waals surface area (Å²) >= 11 is 0. The minimum absolute atomic E-state index is 0.0696. The zero-order chi connectivity index (χ0) is 13.5. The van der Waals surface area contributed by atoms with E-state index in [1.165, 1.54) is 0 Å². The Balaban J connectivity index is 2.33. The van der Waals surface area contributed by atoms with Crippen LogP contribution < -0.4 is 16.8 Å². The van der Waals surface area contributed by atoms with E-state index in [2.05, 4.69) is 5.32 Å². The average Bonchev–Trinajstić information content (AvgIpc) is 2.39. The van der Waals surface area contributed by atoms with Gasteiger partial charge in [-0.3, -0.25) is 4.79 Å². The first-order chi connectivity index (χ1) is 8.54. The number of hydrogen-bond donors (Lipinski definition) is 3. The molecule has 2 atom stereocenters. The molecule has 1 rings (SSSR count). The molecule has 4 nitrogen and oxygen atoms in total. The summed E-state index contributed by atoms with van der Waals surface area (Å²) in [4.78, 5) is 11.7. The van der Waals surface area contributed by atoms with E-state index in [9.17, 15) is 4.79 Å². The van der Waals surface area contributed by atoms with Crippen molar-refractivity contribution in [2.75, 3.05) is 12.3 Å². The molecule has 0 saturated heterocycles. The molecule has 1 aromatic rings. The van der Waals surface area contributed by atoms with Crippen molar-refractivity contribution in [2.45, 2.75) is 32.7 Å². The minimum atomic E-state index is -0.415. The second-order valence-electron chi connectivity index (χ2n) is 4.69. The van der Waals surface area contributed by atoms with E-state index in [0.29, 0.717) is 6.54 Å². The van der Waals surface area contributed by atoms with E-state index in [4.69, 9.17) is 11.5 Å². The Morgan fingerprint density at radius 2 is 1.94 bits per heavy atom. The summed E-state index contributed by atoms with van der Waals surface area (Å²) in [5.74, 6) is 0.140. The summed E-state index contributed by atoms with van der Waals surface area (Å²) in [6, 6.07) is 7.25. The highest BCUT2D eigenvalue weighted by atomic mass is 16.2. The number of carbonyl (C=O) groups is 1. The predicted octanol–water partition coefficient (Wildman–Crippen LogP) is 1.30. The van der Waals surface area contributed by atoms with Gasteiger partial charge in [0, 0.05) is 12.2 Å². The minimum Gasteiger partial charge on any atom is -0.399 e. The van der Waals surface area contributed by atoms with Gasteiger partial charge < -0.3 is 16.8 Å². The molecule has 0 bridgehead atoms. The molecule has 0 aliphatic heterocycles. The molecule has 0 heterocycles. The normalized spacial score (nSPS) is 13.9. The Bertz CT molecular complexity index is 375. The summed E-state index contributed by atoms with van der Waals surface area (Å²) in [5.41, 5.74) is 13.4. The maximum absolute atomic E-state index is 11.7. The van der Waals surface area contributed by atoms with Crippen LogP contribution in [0.25, 0.3) is 0 Å². The van der Waals surface area contributed by atoms with Crippen LogP contribution in [0, 0.1) is 5.92 Å². The van der Waals surface area contributed by atoms with Crippen LogP contribution in [0.4, 0.5) is 5.69 Å². The molecular formula is C14H23N3O. The highest BCUT2D eigenvalue weighted by molar-refractivity contribution is 5.81. The van der Waals surface area contributed by atoms with E-state index >= 15 is 0 Å². The van der Waals surface area contributed by atoms with Crippen molar-refractivity contribution >= 4 is 11.6 Å². The summed E-state index contributed by atoms with van der Waals surface area (Å²) in [7, 11) is 0. The number of amides is 1. The Morgan fingerprint density at radius 3 is 2.50 bits per heavy atom. The zero-order valence-electron chi connectivity index (χ0n) is 11.1. The number of rotatable bonds is 6. The average molecular weight is 249 g/mol.